The number of benzene rings is 2. The van der Waals surface area contributed by atoms with Gasteiger partial charge in [-0.25, -0.2) is 8.78 Å². The van der Waals surface area contributed by atoms with Gasteiger partial charge in [0.2, 0.25) is 0 Å². The first-order valence-electron chi connectivity index (χ1n) is 9.77. The smallest absolute Gasteiger partial charge is 0.381 e. The van der Waals surface area contributed by atoms with Gasteiger partial charge in [0, 0.05) is 42.1 Å². The molecule has 1 aliphatic heterocycles. The van der Waals surface area contributed by atoms with Gasteiger partial charge in [-0.05, 0) is 49.3 Å². The van der Waals surface area contributed by atoms with Gasteiger partial charge >= 0.3 is 6.18 Å². The molecule has 0 unspecified atom stereocenters. The van der Waals surface area contributed by atoms with Crippen molar-refractivity contribution in [3.8, 4) is 0 Å². The third kappa shape index (κ3) is 4.66. The summed E-state index contributed by atoms with van der Waals surface area (Å²) in [6, 6.07) is 10.5. The molecule has 2 aromatic carbocycles. The second-order valence-corrected chi connectivity index (χ2v) is 7.05. The molecular formula is C23H23F5N2. The fourth-order valence-electron chi connectivity index (χ4n) is 3.52. The van der Waals surface area contributed by atoms with Crippen LogP contribution in [0.15, 0.2) is 59.7 Å². The molecule has 0 aromatic heterocycles. The number of nitrogens with one attached hydrogen (secondary N) is 1. The molecule has 160 valence electrons. The number of hydrogen-bond acceptors (Lipinski definition) is 2. The summed E-state index contributed by atoms with van der Waals surface area (Å²) in [7, 11) is 0. The summed E-state index contributed by atoms with van der Waals surface area (Å²) in [6.45, 7) is 4.23. The van der Waals surface area contributed by atoms with Crippen LogP contribution in [0.1, 0.15) is 31.4 Å². The summed E-state index contributed by atoms with van der Waals surface area (Å²) in [4.78, 5) is 1.74. The van der Waals surface area contributed by atoms with Crippen molar-refractivity contribution in [3.63, 3.8) is 0 Å². The predicted molar refractivity (Wildman–Crippen MR) is 109 cm³/mol. The Morgan fingerprint density at radius 1 is 1.00 bits per heavy atom. The lowest BCUT2D eigenvalue weighted by Gasteiger charge is -2.33. The Bertz CT molecular complexity index is 976. The van der Waals surface area contributed by atoms with Gasteiger partial charge in [0.15, 0.2) is 0 Å². The largest absolute Gasteiger partial charge is 0.416 e. The molecule has 0 spiro atoms. The molecule has 0 bridgehead atoms. The van der Waals surface area contributed by atoms with E-state index in [1.54, 1.807) is 36.1 Å². The first-order chi connectivity index (χ1) is 14.2. The van der Waals surface area contributed by atoms with Crippen LogP contribution in [0.5, 0.6) is 0 Å². The first kappa shape index (κ1) is 21.9. The zero-order chi connectivity index (χ0) is 21.9. The maximum absolute atomic E-state index is 14.9. The maximum Gasteiger partial charge on any atom is 0.416 e. The van der Waals surface area contributed by atoms with Crippen LogP contribution in [-0.2, 0) is 6.54 Å². The molecule has 1 aliphatic rings. The molecule has 0 saturated carbocycles. The van der Waals surface area contributed by atoms with Crippen LogP contribution in [0.4, 0.5) is 27.6 Å². The molecule has 0 aliphatic carbocycles. The van der Waals surface area contributed by atoms with Crippen LogP contribution in [0.2, 0.25) is 0 Å². The monoisotopic (exact) mass is 422 g/mol. The van der Waals surface area contributed by atoms with Crippen molar-refractivity contribution in [1.82, 2.24) is 4.90 Å². The van der Waals surface area contributed by atoms with Crippen LogP contribution in [0.3, 0.4) is 0 Å². The minimum absolute atomic E-state index is 0.102. The maximum atomic E-state index is 14.9. The van der Waals surface area contributed by atoms with Crippen molar-refractivity contribution < 1.29 is 22.0 Å². The number of alkyl halides is 3. The van der Waals surface area contributed by atoms with Crippen molar-refractivity contribution in [2.24, 2.45) is 0 Å². The van der Waals surface area contributed by atoms with Crippen molar-refractivity contribution in [1.29, 1.82) is 0 Å². The van der Waals surface area contributed by atoms with Crippen LogP contribution in [-0.4, -0.2) is 24.2 Å². The van der Waals surface area contributed by atoms with E-state index >= 15 is 0 Å². The Labute approximate surface area is 172 Å². The highest BCUT2D eigenvalue weighted by Crippen LogP contribution is 2.38. The quantitative estimate of drug-likeness (QED) is 0.533. The van der Waals surface area contributed by atoms with Crippen LogP contribution < -0.4 is 5.32 Å². The summed E-state index contributed by atoms with van der Waals surface area (Å²) < 4.78 is 69.1. The Balaban J connectivity index is 1.90. The minimum Gasteiger partial charge on any atom is -0.381 e. The van der Waals surface area contributed by atoms with Crippen LogP contribution in [0.25, 0.3) is 5.70 Å². The summed E-state index contributed by atoms with van der Waals surface area (Å²) in [5.41, 5.74) is 0.744. The summed E-state index contributed by atoms with van der Waals surface area (Å²) >= 11 is 0. The molecule has 0 radical (unpaired) electrons. The molecule has 1 heterocycles. The van der Waals surface area contributed by atoms with E-state index in [0.29, 0.717) is 17.8 Å². The molecule has 0 saturated heterocycles. The SMILES string of the molecule is CCC1=C(C(F)(F)F)C=C(c2ccc(NCc3ccccc3F)cc2F)N(CC)C1. The highest BCUT2D eigenvalue weighted by Gasteiger charge is 2.37. The topological polar surface area (TPSA) is 15.3 Å². The molecule has 1 N–H and O–H groups in total. The number of allylic oxidation sites excluding steroid dienone is 2. The second-order valence-electron chi connectivity index (χ2n) is 7.05. The van der Waals surface area contributed by atoms with Gasteiger partial charge in [0.1, 0.15) is 11.6 Å². The molecule has 2 nitrogen and oxygen atoms in total. The molecule has 0 amide bonds. The fraction of sp³-hybridized carbons (Fsp3) is 0.304. The molecule has 2 aromatic rings. The van der Waals surface area contributed by atoms with Crippen LogP contribution >= 0.6 is 0 Å². The number of rotatable bonds is 6. The van der Waals surface area contributed by atoms with E-state index in [4.69, 9.17) is 0 Å². The average Bonchev–Trinajstić information content (AvgIpc) is 2.71. The number of hydrogen-bond donors (Lipinski definition) is 1. The highest BCUT2D eigenvalue weighted by molar-refractivity contribution is 5.71. The normalized spacial score (nSPS) is 14.8. The van der Waals surface area contributed by atoms with Gasteiger partial charge in [-0.2, -0.15) is 13.2 Å². The molecule has 0 fully saturated rings. The summed E-state index contributed by atoms with van der Waals surface area (Å²) in [5.74, 6) is -1.01. The van der Waals surface area contributed by atoms with Gasteiger partial charge in [0.05, 0.1) is 5.57 Å². The molecular weight excluding hydrogens is 399 g/mol. The lowest BCUT2D eigenvalue weighted by molar-refractivity contribution is -0.0896. The minimum atomic E-state index is -4.49. The molecule has 30 heavy (non-hydrogen) atoms. The zero-order valence-electron chi connectivity index (χ0n) is 16.8. The predicted octanol–water partition coefficient (Wildman–Crippen LogP) is 6.52. The van der Waals surface area contributed by atoms with Gasteiger partial charge in [-0.3, -0.25) is 0 Å². The van der Waals surface area contributed by atoms with Crippen molar-refractivity contribution >= 4 is 11.4 Å². The van der Waals surface area contributed by atoms with Gasteiger partial charge in [-0.15, -0.1) is 0 Å². The average molecular weight is 422 g/mol. The van der Waals surface area contributed by atoms with Gasteiger partial charge < -0.3 is 10.2 Å². The van der Waals surface area contributed by atoms with E-state index < -0.39 is 17.6 Å². The fourth-order valence-corrected chi connectivity index (χ4v) is 3.52. The van der Waals surface area contributed by atoms with E-state index in [0.717, 1.165) is 6.08 Å². The number of halogens is 5. The van der Waals surface area contributed by atoms with E-state index in [1.807, 2.05) is 6.92 Å². The first-order valence-corrected chi connectivity index (χ1v) is 9.77. The standard InChI is InChI=1S/C23H23F5N2/c1-3-15-14-30(4-2)22(12-19(15)23(26,27)28)18-10-9-17(11-21(18)25)29-13-16-7-5-6-8-20(16)24/h5-12,29H,3-4,13-14H2,1-2H3. The Hall–Kier alpha value is -2.83. The van der Waals surface area contributed by atoms with E-state index in [1.165, 1.54) is 18.2 Å². The zero-order valence-corrected chi connectivity index (χ0v) is 16.8. The summed E-state index contributed by atoms with van der Waals surface area (Å²) in [6.07, 6.45) is -3.18. The number of anilines is 1. The lowest BCUT2D eigenvalue weighted by atomic mass is 9.96. The summed E-state index contributed by atoms with van der Waals surface area (Å²) in [5, 5.41) is 2.94. The molecule has 7 heteroatoms. The van der Waals surface area contributed by atoms with E-state index in [2.05, 4.69) is 5.32 Å². The number of nitrogens with zero attached hydrogens (tertiary/aromatic N) is 1. The lowest BCUT2D eigenvalue weighted by Crippen LogP contribution is -2.31. The number of likely N-dealkylation sites (N-methyl/N-ethyl adjacent to an activating group) is 1. The van der Waals surface area contributed by atoms with Gasteiger partial charge in [0.25, 0.3) is 0 Å². The van der Waals surface area contributed by atoms with Crippen molar-refractivity contribution in [3.05, 3.63) is 82.4 Å². The third-order valence-corrected chi connectivity index (χ3v) is 5.18. The van der Waals surface area contributed by atoms with Crippen LogP contribution in [0, 0.1) is 11.6 Å². The Kier molecular flexibility index (Phi) is 6.48. The third-order valence-electron chi connectivity index (χ3n) is 5.18. The second kappa shape index (κ2) is 8.90. The van der Waals surface area contributed by atoms with E-state index in [-0.39, 0.29) is 42.2 Å². The van der Waals surface area contributed by atoms with Crippen molar-refractivity contribution in [2.45, 2.75) is 33.0 Å². The van der Waals surface area contributed by atoms with E-state index in [9.17, 15) is 22.0 Å². The molecule has 0 atom stereocenters. The Morgan fingerprint density at radius 3 is 2.33 bits per heavy atom. The molecule has 3 rings (SSSR count). The highest BCUT2D eigenvalue weighted by atomic mass is 19.4. The Morgan fingerprint density at radius 2 is 1.73 bits per heavy atom. The van der Waals surface area contributed by atoms with Gasteiger partial charge in [-0.1, -0.05) is 25.1 Å². The van der Waals surface area contributed by atoms with Crippen molar-refractivity contribution in [2.75, 3.05) is 18.4 Å².